The van der Waals surface area contributed by atoms with Gasteiger partial charge in [0.2, 0.25) is 0 Å². The molecule has 2 nitrogen and oxygen atoms in total. The molecule has 16 heavy (non-hydrogen) atoms. The number of aryl methyl sites for hydroxylation is 2. The zero-order valence-corrected chi connectivity index (χ0v) is 11.0. The molecule has 0 bridgehead atoms. The normalized spacial score (nSPS) is 13.1. The summed E-state index contributed by atoms with van der Waals surface area (Å²) in [6, 6.07) is 7.21. The van der Waals surface area contributed by atoms with Gasteiger partial charge in [-0.15, -0.1) is 0 Å². The highest BCUT2D eigenvalue weighted by molar-refractivity contribution is 5.30. The van der Waals surface area contributed by atoms with Gasteiger partial charge in [-0.25, -0.2) is 0 Å². The molecule has 0 aliphatic rings. The van der Waals surface area contributed by atoms with Crippen LogP contribution in [-0.2, 0) is 6.54 Å². The fraction of sp³-hybridized carbons (Fsp3) is 0.571. The van der Waals surface area contributed by atoms with Gasteiger partial charge in [-0.1, -0.05) is 23.8 Å². The second kappa shape index (κ2) is 6.02. The molecular formula is C14H24N2. The lowest BCUT2D eigenvalue weighted by molar-refractivity contribution is 0.240. The van der Waals surface area contributed by atoms with Gasteiger partial charge in [0.1, 0.15) is 0 Å². The van der Waals surface area contributed by atoms with E-state index in [1.54, 1.807) is 0 Å². The van der Waals surface area contributed by atoms with E-state index in [1.807, 2.05) is 0 Å². The van der Waals surface area contributed by atoms with E-state index in [0.717, 1.165) is 19.5 Å². The summed E-state index contributed by atoms with van der Waals surface area (Å²) >= 11 is 0. The maximum Gasteiger partial charge on any atom is 0.0236 e. The number of rotatable bonds is 5. The molecule has 0 aromatic heterocycles. The van der Waals surface area contributed by atoms with Crippen LogP contribution in [0.5, 0.6) is 0 Å². The summed E-state index contributed by atoms with van der Waals surface area (Å²) < 4.78 is 0. The van der Waals surface area contributed by atoms with Crippen LogP contribution in [-0.4, -0.2) is 24.5 Å². The van der Waals surface area contributed by atoms with E-state index in [9.17, 15) is 0 Å². The van der Waals surface area contributed by atoms with Crippen LogP contribution in [0.4, 0.5) is 0 Å². The van der Waals surface area contributed by atoms with E-state index in [-0.39, 0.29) is 0 Å². The highest BCUT2D eigenvalue weighted by Gasteiger charge is 2.09. The van der Waals surface area contributed by atoms with Gasteiger partial charge in [0.25, 0.3) is 0 Å². The molecule has 0 saturated heterocycles. The van der Waals surface area contributed by atoms with Crippen molar-refractivity contribution in [2.24, 2.45) is 5.73 Å². The molecule has 2 N–H and O–H groups in total. The number of nitrogens with two attached hydrogens (primary N) is 1. The molecule has 0 heterocycles. The topological polar surface area (TPSA) is 29.3 Å². The minimum absolute atomic E-state index is 0.547. The van der Waals surface area contributed by atoms with Crippen LogP contribution >= 0.6 is 0 Å². The molecule has 1 unspecified atom stereocenters. The smallest absolute Gasteiger partial charge is 0.0236 e. The van der Waals surface area contributed by atoms with E-state index < -0.39 is 0 Å². The number of hydrogen-bond acceptors (Lipinski definition) is 2. The third-order valence-corrected chi connectivity index (χ3v) is 3.25. The lowest BCUT2D eigenvalue weighted by Gasteiger charge is -2.25. The summed E-state index contributed by atoms with van der Waals surface area (Å²) in [4.78, 5) is 2.37. The molecule has 2 heteroatoms. The first kappa shape index (κ1) is 13.2. The van der Waals surface area contributed by atoms with Gasteiger partial charge in [0, 0.05) is 12.6 Å². The maximum absolute atomic E-state index is 5.58. The van der Waals surface area contributed by atoms with Gasteiger partial charge in [0.15, 0.2) is 0 Å². The fourth-order valence-electron chi connectivity index (χ4n) is 1.91. The molecule has 0 amide bonds. The first-order valence-electron chi connectivity index (χ1n) is 6.01. The van der Waals surface area contributed by atoms with Crippen molar-refractivity contribution in [1.29, 1.82) is 0 Å². The van der Waals surface area contributed by atoms with Crippen molar-refractivity contribution >= 4 is 0 Å². The summed E-state index contributed by atoms with van der Waals surface area (Å²) in [5.41, 5.74) is 9.71. The molecule has 1 aromatic carbocycles. The highest BCUT2D eigenvalue weighted by Crippen LogP contribution is 2.14. The molecule has 1 rings (SSSR count). The Morgan fingerprint density at radius 1 is 1.31 bits per heavy atom. The fourth-order valence-corrected chi connectivity index (χ4v) is 1.91. The van der Waals surface area contributed by atoms with Crippen molar-refractivity contribution in [3.8, 4) is 0 Å². The van der Waals surface area contributed by atoms with Gasteiger partial charge >= 0.3 is 0 Å². The van der Waals surface area contributed by atoms with Crippen molar-refractivity contribution in [3.63, 3.8) is 0 Å². The molecule has 0 fully saturated rings. The van der Waals surface area contributed by atoms with Gasteiger partial charge in [-0.2, -0.15) is 0 Å². The summed E-state index contributed by atoms with van der Waals surface area (Å²) in [6.07, 6.45) is 1.06. The maximum atomic E-state index is 5.58. The van der Waals surface area contributed by atoms with Crippen LogP contribution in [0.15, 0.2) is 18.2 Å². The second-order valence-electron chi connectivity index (χ2n) is 4.77. The predicted octanol–water partition coefficient (Wildman–Crippen LogP) is 2.47. The number of hydrogen-bond donors (Lipinski definition) is 1. The highest BCUT2D eigenvalue weighted by atomic mass is 15.1. The van der Waals surface area contributed by atoms with E-state index in [2.05, 4.69) is 50.9 Å². The van der Waals surface area contributed by atoms with Crippen molar-refractivity contribution in [1.82, 2.24) is 4.90 Å². The Morgan fingerprint density at radius 3 is 2.56 bits per heavy atom. The summed E-state index contributed by atoms with van der Waals surface area (Å²) in [7, 11) is 2.17. The minimum atomic E-state index is 0.547. The van der Waals surface area contributed by atoms with Gasteiger partial charge < -0.3 is 5.73 Å². The number of nitrogens with zero attached hydrogens (tertiary/aromatic N) is 1. The predicted molar refractivity (Wildman–Crippen MR) is 70.5 cm³/mol. The standard InChI is InChI=1S/C14H24N2/c1-11-5-6-14(12(2)9-11)10-16(4)13(3)7-8-15/h5-6,9,13H,7-8,10,15H2,1-4H3. The number of benzene rings is 1. The quantitative estimate of drug-likeness (QED) is 0.826. The Labute approximate surface area is 99.5 Å². The SMILES string of the molecule is Cc1ccc(CN(C)C(C)CCN)c(C)c1. The Bertz CT molecular complexity index is 334. The van der Waals surface area contributed by atoms with Crippen molar-refractivity contribution < 1.29 is 0 Å². The third-order valence-electron chi connectivity index (χ3n) is 3.25. The second-order valence-corrected chi connectivity index (χ2v) is 4.77. The Morgan fingerprint density at radius 2 is 2.00 bits per heavy atom. The zero-order chi connectivity index (χ0) is 12.1. The minimum Gasteiger partial charge on any atom is -0.330 e. The largest absolute Gasteiger partial charge is 0.330 e. The molecule has 1 atom stereocenters. The molecule has 90 valence electrons. The van der Waals surface area contributed by atoms with Crippen LogP contribution in [0.2, 0.25) is 0 Å². The van der Waals surface area contributed by atoms with E-state index in [1.165, 1.54) is 16.7 Å². The first-order valence-corrected chi connectivity index (χ1v) is 6.01. The first-order chi connectivity index (χ1) is 7.54. The Hall–Kier alpha value is -0.860. The van der Waals surface area contributed by atoms with Crippen LogP contribution < -0.4 is 5.73 Å². The summed E-state index contributed by atoms with van der Waals surface area (Å²) in [5.74, 6) is 0. The Kier molecular flexibility index (Phi) is 4.97. The molecule has 1 aromatic rings. The average molecular weight is 220 g/mol. The van der Waals surface area contributed by atoms with E-state index in [0.29, 0.717) is 6.04 Å². The van der Waals surface area contributed by atoms with Crippen molar-refractivity contribution in [2.75, 3.05) is 13.6 Å². The Balaban J connectivity index is 2.65. The summed E-state index contributed by atoms with van der Waals surface area (Å²) in [5, 5.41) is 0. The van der Waals surface area contributed by atoms with Crippen LogP contribution in [0.1, 0.15) is 30.0 Å². The van der Waals surface area contributed by atoms with Crippen molar-refractivity contribution in [2.45, 2.75) is 39.8 Å². The molecule has 0 aliphatic heterocycles. The van der Waals surface area contributed by atoms with Gasteiger partial charge in [0.05, 0.1) is 0 Å². The zero-order valence-electron chi connectivity index (χ0n) is 11.0. The molecule has 0 aliphatic carbocycles. The van der Waals surface area contributed by atoms with E-state index in [4.69, 9.17) is 5.73 Å². The lowest BCUT2D eigenvalue weighted by atomic mass is 10.0. The van der Waals surface area contributed by atoms with E-state index >= 15 is 0 Å². The van der Waals surface area contributed by atoms with Crippen LogP contribution in [0, 0.1) is 13.8 Å². The average Bonchev–Trinajstić information content (AvgIpc) is 2.22. The molecule has 0 radical (unpaired) electrons. The van der Waals surface area contributed by atoms with Crippen LogP contribution in [0.25, 0.3) is 0 Å². The van der Waals surface area contributed by atoms with Gasteiger partial charge in [-0.05, 0) is 51.9 Å². The monoisotopic (exact) mass is 220 g/mol. The van der Waals surface area contributed by atoms with Crippen molar-refractivity contribution in [3.05, 3.63) is 34.9 Å². The third kappa shape index (κ3) is 3.62. The molecule has 0 spiro atoms. The molecular weight excluding hydrogens is 196 g/mol. The molecule has 0 saturated carbocycles. The lowest BCUT2D eigenvalue weighted by Crippen LogP contribution is -2.30. The summed E-state index contributed by atoms with van der Waals surface area (Å²) in [6.45, 7) is 8.32. The van der Waals surface area contributed by atoms with Gasteiger partial charge in [-0.3, -0.25) is 4.90 Å². The van der Waals surface area contributed by atoms with Crippen LogP contribution in [0.3, 0.4) is 0 Å².